The van der Waals surface area contributed by atoms with Crippen LogP contribution in [0.3, 0.4) is 0 Å². The molecule has 7 nitrogen and oxygen atoms in total. The van der Waals surface area contributed by atoms with Gasteiger partial charge in [-0.2, -0.15) is 0 Å². The van der Waals surface area contributed by atoms with Crippen LogP contribution in [0.2, 0.25) is 0 Å². The summed E-state index contributed by atoms with van der Waals surface area (Å²) >= 11 is 1.58. The highest BCUT2D eigenvalue weighted by molar-refractivity contribution is 7.98. The molecule has 0 bridgehead atoms. The summed E-state index contributed by atoms with van der Waals surface area (Å²) in [6, 6.07) is 15.5. The smallest absolute Gasteiger partial charge is 0.192 e. The summed E-state index contributed by atoms with van der Waals surface area (Å²) < 4.78 is 14.0. The Balaban J connectivity index is 1.39. The number of aryl methyl sites for hydroxylation is 1. The van der Waals surface area contributed by atoms with Gasteiger partial charge in [0.25, 0.3) is 0 Å². The fourth-order valence-electron chi connectivity index (χ4n) is 3.49. The molecule has 1 aliphatic heterocycles. The summed E-state index contributed by atoms with van der Waals surface area (Å²) in [5, 5.41) is 9.62. The van der Waals surface area contributed by atoms with Gasteiger partial charge < -0.3 is 9.47 Å². The first-order chi connectivity index (χ1) is 15.2. The number of aromatic nitrogens is 5. The van der Waals surface area contributed by atoms with Crippen molar-refractivity contribution in [1.29, 1.82) is 0 Å². The molecule has 4 aromatic rings. The maximum absolute atomic E-state index is 6.13. The van der Waals surface area contributed by atoms with E-state index >= 15 is 0 Å². The van der Waals surface area contributed by atoms with Crippen molar-refractivity contribution in [3.8, 4) is 11.5 Å². The Morgan fingerprint density at radius 1 is 1.06 bits per heavy atom. The number of para-hydroxylation sites is 4. The van der Waals surface area contributed by atoms with Crippen LogP contribution in [-0.4, -0.2) is 31.3 Å². The fourth-order valence-corrected chi connectivity index (χ4v) is 4.45. The Bertz CT molecular complexity index is 1260. The lowest BCUT2D eigenvalue weighted by molar-refractivity contribution is 0.0821. The van der Waals surface area contributed by atoms with E-state index < -0.39 is 0 Å². The lowest BCUT2D eigenvalue weighted by Gasteiger charge is -2.26. The highest BCUT2D eigenvalue weighted by Gasteiger charge is 2.28. The van der Waals surface area contributed by atoms with Crippen molar-refractivity contribution in [3.05, 3.63) is 78.4 Å². The summed E-state index contributed by atoms with van der Waals surface area (Å²) in [6.07, 6.45) is 1.49. The highest BCUT2D eigenvalue weighted by Crippen LogP contribution is 2.36. The van der Waals surface area contributed by atoms with Crippen LogP contribution in [0.4, 0.5) is 0 Å². The number of ether oxygens (including phenoxy) is 2. The monoisotopic (exact) mass is 431 g/mol. The van der Waals surface area contributed by atoms with Crippen LogP contribution in [-0.2, 0) is 12.3 Å². The molecule has 0 amide bonds. The number of hydrogen-bond donors (Lipinski definition) is 0. The second-order valence-corrected chi connectivity index (χ2v) is 8.08. The fraction of sp³-hybridized carbons (Fsp3) is 0.217. The zero-order valence-electron chi connectivity index (χ0n) is 17.1. The summed E-state index contributed by atoms with van der Waals surface area (Å²) in [5.41, 5.74) is 3.65. The van der Waals surface area contributed by atoms with Gasteiger partial charge in [-0.05, 0) is 31.2 Å². The van der Waals surface area contributed by atoms with Gasteiger partial charge in [0.05, 0.1) is 22.4 Å². The highest BCUT2D eigenvalue weighted by atomic mass is 32.2. The zero-order chi connectivity index (χ0) is 21.2. The maximum Gasteiger partial charge on any atom is 0.192 e. The normalized spacial score (nSPS) is 15.2. The van der Waals surface area contributed by atoms with E-state index in [1.54, 1.807) is 11.8 Å². The average Bonchev–Trinajstić information content (AvgIpc) is 3.20. The van der Waals surface area contributed by atoms with Crippen LogP contribution in [0.1, 0.15) is 23.3 Å². The van der Waals surface area contributed by atoms with Gasteiger partial charge in [-0.1, -0.05) is 42.1 Å². The molecular weight excluding hydrogens is 410 g/mol. The van der Waals surface area contributed by atoms with Crippen molar-refractivity contribution in [2.24, 2.45) is 0 Å². The predicted molar refractivity (Wildman–Crippen MR) is 119 cm³/mol. The van der Waals surface area contributed by atoms with Gasteiger partial charge >= 0.3 is 0 Å². The van der Waals surface area contributed by atoms with Crippen LogP contribution in [0, 0.1) is 6.92 Å². The maximum atomic E-state index is 6.13. The topological polar surface area (TPSA) is 75.0 Å². The Morgan fingerprint density at radius 2 is 1.81 bits per heavy atom. The van der Waals surface area contributed by atoms with Crippen molar-refractivity contribution in [2.45, 2.75) is 30.5 Å². The molecule has 2 aromatic carbocycles. The minimum atomic E-state index is -0.334. The lowest BCUT2D eigenvalue weighted by Crippen LogP contribution is -2.25. The van der Waals surface area contributed by atoms with Crippen molar-refractivity contribution in [3.63, 3.8) is 0 Å². The van der Waals surface area contributed by atoms with E-state index in [-0.39, 0.29) is 6.10 Å². The zero-order valence-corrected chi connectivity index (χ0v) is 17.9. The second-order valence-electron chi connectivity index (χ2n) is 7.14. The van der Waals surface area contributed by atoms with Crippen molar-refractivity contribution in [2.75, 3.05) is 6.61 Å². The largest absolute Gasteiger partial charge is 0.485 e. The number of benzene rings is 2. The Hall–Kier alpha value is -3.39. The van der Waals surface area contributed by atoms with Crippen molar-refractivity contribution in [1.82, 2.24) is 24.7 Å². The first-order valence-electron chi connectivity index (χ1n) is 10.0. The number of hydrogen-bond acceptors (Lipinski definition) is 7. The van der Waals surface area contributed by atoms with Crippen LogP contribution >= 0.6 is 11.8 Å². The third-order valence-electron chi connectivity index (χ3n) is 5.03. The van der Waals surface area contributed by atoms with Gasteiger partial charge in [-0.3, -0.25) is 4.57 Å². The Morgan fingerprint density at radius 3 is 2.61 bits per heavy atom. The lowest BCUT2D eigenvalue weighted by atomic mass is 10.2. The van der Waals surface area contributed by atoms with Gasteiger partial charge in [0.2, 0.25) is 0 Å². The molecule has 0 N–H and O–H groups in total. The van der Waals surface area contributed by atoms with E-state index in [1.165, 1.54) is 0 Å². The van der Waals surface area contributed by atoms with Crippen molar-refractivity contribution >= 4 is 22.8 Å². The molecule has 1 aliphatic rings. The molecule has 0 aliphatic carbocycles. The molecular formula is C23H21N5O2S. The quantitative estimate of drug-likeness (QED) is 0.328. The van der Waals surface area contributed by atoms with Gasteiger partial charge in [0.1, 0.15) is 6.61 Å². The number of rotatable bonds is 6. The van der Waals surface area contributed by atoms with E-state index in [2.05, 4.69) is 21.8 Å². The van der Waals surface area contributed by atoms with Crippen LogP contribution < -0.4 is 9.47 Å². The van der Waals surface area contributed by atoms with Crippen LogP contribution in [0.25, 0.3) is 11.0 Å². The molecule has 0 saturated carbocycles. The molecule has 0 saturated heterocycles. The van der Waals surface area contributed by atoms with E-state index in [1.807, 2.05) is 66.1 Å². The number of thioether (sulfide) groups is 1. The molecule has 3 heterocycles. The van der Waals surface area contributed by atoms with Gasteiger partial charge in [0.15, 0.2) is 28.6 Å². The summed E-state index contributed by atoms with van der Waals surface area (Å²) in [7, 11) is 0. The average molecular weight is 432 g/mol. The van der Waals surface area contributed by atoms with E-state index in [0.29, 0.717) is 24.7 Å². The summed E-state index contributed by atoms with van der Waals surface area (Å²) in [5.74, 6) is 2.82. The van der Waals surface area contributed by atoms with Gasteiger partial charge in [0, 0.05) is 12.3 Å². The first kappa shape index (κ1) is 19.6. The number of allylic oxidation sites excluding steroid dienone is 1. The summed E-state index contributed by atoms with van der Waals surface area (Å²) in [4.78, 5) is 9.46. The molecule has 5 rings (SSSR count). The Labute approximate surface area is 184 Å². The molecule has 0 radical (unpaired) electrons. The molecule has 31 heavy (non-hydrogen) atoms. The molecule has 1 atom stereocenters. The molecule has 156 valence electrons. The molecule has 2 aromatic heterocycles. The van der Waals surface area contributed by atoms with Crippen molar-refractivity contribution < 1.29 is 9.47 Å². The Kier molecular flexibility index (Phi) is 5.30. The van der Waals surface area contributed by atoms with Gasteiger partial charge in [-0.15, -0.1) is 16.8 Å². The van der Waals surface area contributed by atoms with E-state index in [9.17, 15) is 0 Å². The van der Waals surface area contributed by atoms with E-state index in [4.69, 9.17) is 14.5 Å². The standard InChI is InChI=1S/C23H21N5O2S/c1-3-12-28-22(21-13-29-19-10-6-7-11-20(19)30-21)26-27-23(28)31-14-18-15(2)24-16-8-4-5-9-17(16)25-18/h3-11,21H,1,12-14H2,2H3/t21-/m1/s1. The van der Waals surface area contributed by atoms with Crippen LogP contribution in [0.15, 0.2) is 66.3 Å². The molecule has 8 heteroatoms. The summed E-state index contributed by atoms with van der Waals surface area (Å²) in [6.45, 7) is 6.83. The predicted octanol–water partition coefficient (Wildman–Crippen LogP) is 4.52. The van der Waals surface area contributed by atoms with Crippen LogP contribution in [0.5, 0.6) is 11.5 Å². The van der Waals surface area contributed by atoms with Gasteiger partial charge in [-0.25, -0.2) is 9.97 Å². The molecule has 0 fully saturated rings. The van der Waals surface area contributed by atoms with E-state index in [0.717, 1.165) is 39.2 Å². The molecule has 0 spiro atoms. The second kappa shape index (κ2) is 8.39. The SMILES string of the molecule is C=CCn1c(SCc2nc3ccccc3nc2C)nnc1[C@H]1COc2ccccc2O1. The minimum Gasteiger partial charge on any atom is -0.485 e. The third-order valence-corrected chi connectivity index (χ3v) is 6.01. The number of nitrogens with zero attached hydrogens (tertiary/aromatic N) is 5. The third kappa shape index (κ3) is 3.86. The minimum absolute atomic E-state index is 0.334. The molecule has 0 unspecified atom stereocenters. The number of fused-ring (bicyclic) bond motifs is 2. The first-order valence-corrected chi connectivity index (χ1v) is 11.0.